The number of likely N-dealkylation sites (N-methyl/N-ethyl adjacent to an activating group) is 1. The number of ether oxygens (including phenoxy) is 1. The summed E-state index contributed by atoms with van der Waals surface area (Å²) in [5, 5.41) is 3.10. The number of piperazine rings is 1. The van der Waals surface area contributed by atoms with Crippen molar-refractivity contribution in [1.82, 2.24) is 14.5 Å². The summed E-state index contributed by atoms with van der Waals surface area (Å²) in [7, 11) is -1.42. The predicted octanol–water partition coefficient (Wildman–Crippen LogP) is -2.15. The highest BCUT2D eigenvalue weighted by atomic mass is 32.2. The van der Waals surface area contributed by atoms with E-state index in [1.54, 1.807) is 4.90 Å². The first kappa shape index (κ1) is 15.9. The van der Waals surface area contributed by atoms with Gasteiger partial charge in [-0.1, -0.05) is 0 Å². The van der Waals surface area contributed by atoms with Crippen LogP contribution in [0.4, 0.5) is 0 Å². The number of nitrogens with one attached hydrogen (secondary N) is 1. The van der Waals surface area contributed by atoms with E-state index in [1.807, 2.05) is 0 Å². The van der Waals surface area contributed by atoms with Gasteiger partial charge in [-0.3, -0.25) is 9.59 Å². The zero-order chi connectivity index (χ0) is 14.5. The van der Waals surface area contributed by atoms with E-state index in [0.29, 0.717) is 26.2 Å². The number of sulfonamides is 1. The minimum atomic E-state index is -3.81. The van der Waals surface area contributed by atoms with Gasteiger partial charge in [0.15, 0.2) is 5.75 Å². The van der Waals surface area contributed by atoms with Crippen molar-refractivity contribution < 1.29 is 22.7 Å². The molecule has 0 aromatic rings. The Morgan fingerprint density at radius 1 is 1.32 bits per heavy atom. The third-order valence-electron chi connectivity index (χ3n) is 2.83. The summed E-state index contributed by atoms with van der Waals surface area (Å²) in [6.07, 6.45) is 0. The van der Waals surface area contributed by atoms with E-state index in [-0.39, 0.29) is 12.5 Å². The summed E-state index contributed by atoms with van der Waals surface area (Å²) in [6.45, 7) is 2.25. The number of hydrogen-bond donors (Lipinski definition) is 1. The van der Waals surface area contributed by atoms with E-state index >= 15 is 0 Å². The summed E-state index contributed by atoms with van der Waals surface area (Å²) < 4.78 is 28.7. The summed E-state index contributed by atoms with van der Waals surface area (Å²) in [5.41, 5.74) is 0. The van der Waals surface area contributed by atoms with Gasteiger partial charge in [0.05, 0.1) is 13.7 Å². The van der Waals surface area contributed by atoms with Gasteiger partial charge in [0, 0.05) is 33.2 Å². The minimum absolute atomic E-state index is 0.265. The molecule has 1 amide bonds. The van der Waals surface area contributed by atoms with Crippen molar-refractivity contribution in [2.75, 3.05) is 52.6 Å². The number of esters is 1. The van der Waals surface area contributed by atoms with Gasteiger partial charge in [-0.05, 0) is 0 Å². The molecule has 1 heterocycles. The van der Waals surface area contributed by atoms with E-state index < -0.39 is 21.7 Å². The summed E-state index contributed by atoms with van der Waals surface area (Å²) in [5.74, 6) is -1.87. The van der Waals surface area contributed by atoms with Gasteiger partial charge in [-0.15, -0.1) is 0 Å². The Balaban J connectivity index is 2.55. The molecule has 1 N–H and O–H groups in total. The van der Waals surface area contributed by atoms with Crippen LogP contribution in [0.2, 0.25) is 0 Å². The van der Waals surface area contributed by atoms with Crippen LogP contribution in [0.25, 0.3) is 0 Å². The summed E-state index contributed by atoms with van der Waals surface area (Å²) >= 11 is 0. The maximum atomic E-state index is 11.9. The molecule has 1 rings (SSSR count). The first-order valence-electron chi connectivity index (χ1n) is 5.86. The van der Waals surface area contributed by atoms with Crippen molar-refractivity contribution in [3.05, 3.63) is 0 Å². The molecule has 0 radical (unpaired) electrons. The van der Waals surface area contributed by atoms with Gasteiger partial charge < -0.3 is 15.0 Å². The summed E-state index contributed by atoms with van der Waals surface area (Å²) in [4.78, 5) is 24.5. The second-order valence-corrected chi connectivity index (χ2v) is 6.30. The SMILES string of the molecule is COC(=O)CS(=O)(=O)N(C)CC(=O)N1CCNCC1. The lowest BCUT2D eigenvalue weighted by Crippen LogP contribution is -2.50. The van der Waals surface area contributed by atoms with E-state index in [0.717, 1.165) is 11.4 Å². The molecule has 1 fully saturated rings. The maximum absolute atomic E-state index is 11.9. The molecule has 1 saturated heterocycles. The quantitative estimate of drug-likeness (QED) is 0.581. The van der Waals surface area contributed by atoms with Crippen LogP contribution >= 0.6 is 0 Å². The molecule has 0 aromatic carbocycles. The van der Waals surface area contributed by atoms with E-state index in [4.69, 9.17) is 0 Å². The number of carbonyl (C=O) groups is 2. The lowest BCUT2D eigenvalue weighted by molar-refractivity contribution is -0.137. The largest absolute Gasteiger partial charge is 0.468 e. The van der Waals surface area contributed by atoms with Crippen molar-refractivity contribution in [3.8, 4) is 0 Å². The van der Waals surface area contributed by atoms with Crippen LogP contribution < -0.4 is 5.32 Å². The van der Waals surface area contributed by atoms with E-state index in [9.17, 15) is 18.0 Å². The standard InChI is InChI=1S/C10H19N3O5S/c1-12(19(16,17)8-10(15)18-2)7-9(14)13-5-3-11-4-6-13/h11H,3-8H2,1-2H3. The highest BCUT2D eigenvalue weighted by molar-refractivity contribution is 7.89. The number of nitrogens with zero attached hydrogens (tertiary/aromatic N) is 2. The Kier molecular flexibility index (Phi) is 5.70. The molecule has 19 heavy (non-hydrogen) atoms. The Hall–Kier alpha value is -1.19. The fourth-order valence-electron chi connectivity index (χ4n) is 1.62. The molecule has 1 aliphatic rings. The molecule has 0 bridgehead atoms. The topological polar surface area (TPSA) is 96.0 Å². The van der Waals surface area contributed by atoms with Gasteiger partial charge in [0.1, 0.15) is 0 Å². The third kappa shape index (κ3) is 4.77. The average Bonchev–Trinajstić information content (AvgIpc) is 2.39. The van der Waals surface area contributed by atoms with E-state index in [2.05, 4.69) is 10.1 Å². The Bertz CT molecular complexity index is 430. The van der Waals surface area contributed by atoms with Crippen LogP contribution in [0, 0.1) is 0 Å². The molecular formula is C10H19N3O5S. The fourth-order valence-corrected chi connectivity index (χ4v) is 2.56. The van der Waals surface area contributed by atoms with Crippen molar-refractivity contribution in [2.45, 2.75) is 0 Å². The van der Waals surface area contributed by atoms with Crippen molar-refractivity contribution >= 4 is 21.9 Å². The fraction of sp³-hybridized carbons (Fsp3) is 0.800. The van der Waals surface area contributed by atoms with Gasteiger partial charge >= 0.3 is 5.97 Å². The second kappa shape index (κ2) is 6.83. The normalized spacial score (nSPS) is 16.5. The molecule has 9 heteroatoms. The van der Waals surface area contributed by atoms with Crippen molar-refractivity contribution in [3.63, 3.8) is 0 Å². The van der Waals surface area contributed by atoms with Crippen molar-refractivity contribution in [1.29, 1.82) is 0 Å². The Morgan fingerprint density at radius 3 is 2.42 bits per heavy atom. The molecule has 110 valence electrons. The van der Waals surface area contributed by atoms with Gasteiger partial charge in [0.2, 0.25) is 15.9 Å². The Labute approximate surface area is 112 Å². The van der Waals surface area contributed by atoms with Gasteiger partial charge in [0.25, 0.3) is 0 Å². The lowest BCUT2D eigenvalue weighted by Gasteiger charge is -2.28. The molecule has 1 aliphatic heterocycles. The van der Waals surface area contributed by atoms with Gasteiger partial charge in [-0.25, -0.2) is 8.42 Å². The van der Waals surface area contributed by atoms with Crippen LogP contribution in [-0.4, -0.2) is 82.1 Å². The van der Waals surface area contributed by atoms with Crippen LogP contribution in [0.1, 0.15) is 0 Å². The molecular weight excluding hydrogens is 274 g/mol. The first-order chi connectivity index (χ1) is 8.86. The molecule has 0 aliphatic carbocycles. The van der Waals surface area contributed by atoms with E-state index in [1.165, 1.54) is 7.05 Å². The van der Waals surface area contributed by atoms with Crippen molar-refractivity contribution in [2.24, 2.45) is 0 Å². The second-order valence-electron chi connectivity index (χ2n) is 4.22. The monoisotopic (exact) mass is 293 g/mol. The molecule has 0 unspecified atom stereocenters. The highest BCUT2D eigenvalue weighted by Crippen LogP contribution is 2.02. The predicted molar refractivity (Wildman–Crippen MR) is 67.9 cm³/mol. The van der Waals surface area contributed by atoms with Crippen LogP contribution in [0.5, 0.6) is 0 Å². The number of carbonyl (C=O) groups excluding carboxylic acids is 2. The number of methoxy groups -OCH3 is 1. The molecule has 0 atom stereocenters. The smallest absolute Gasteiger partial charge is 0.322 e. The molecule has 0 aromatic heterocycles. The van der Waals surface area contributed by atoms with Crippen LogP contribution in [0.3, 0.4) is 0 Å². The lowest BCUT2D eigenvalue weighted by atomic mass is 10.3. The van der Waals surface area contributed by atoms with Gasteiger partial charge in [-0.2, -0.15) is 4.31 Å². The zero-order valence-electron chi connectivity index (χ0n) is 11.1. The molecule has 0 spiro atoms. The number of hydrogen-bond acceptors (Lipinski definition) is 6. The van der Waals surface area contributed by atoms with Crippen LogP contribution in [-0.2, 0) is 24.3 Å². The maximum Gasteiger partial charge on any atom is 0.322 e. The number of rotatable bonds is 5. The Morgan fingerprint density at radius 2 is 1.89 bits per heavy atom. The zero-order valence-corrected chi connectivity index (χ0v) is 11.9. The van der Waals surface area contributed by atoms with Crippen LogP contribution in [0.15, 0.2) is 0 Å². The third-order valence-corrected chi connectivity index (χ3v) is 4.51. The number of amides is 1. The molecule has 0 saturated carbocycles. The first-order valence-corrected chi connectivity index (χ1v) is 7.47. The average molecular weight is 293 g/mol. The molecule has 8 nitrogen and oxygen atoms in total. The summed E-state index contributed by atoms with van der Waals surface area (Å²) in [6, 6.07) is 0. The minimum Gasteiger partial charge on any atom is -0.468 e. The highest BCUT2D eigenvalue weighted by Gasteiger charge is 2.26.